The van der Waals surface area contributed by atoms with Crippen LogP contribution in [-0.2, 0) is 9.84 Å². The quantitative estimate of drug-likeness (QED) is 0.595. The fraction of sp³-hybridized carbons (Fsp3) is 0.100. The number of ether oxygens (including phenoxy) is 1. The highest BCUT2D eigenvalue weighted by molar-refractivity contribution is 9.10. The summed E-state index contributed by atoms with van der Waals surface area (Å²) in [7, 11) is -1.96. The van der Waals surface area contributed by atoms with Gasteiger partial charge in [-0.15, -0.1) is 0 Å². The van der Waals surface area contributed by atoms with E-state index in [9.17, 15) is 13.7 Å². The van der Waals surface area contributed by atoms with Crippen LogP contribution in [-0.4, -0.2) is 26.8 Å². The van der Waals surface area contributed by atoms with Gasteiger partial charge in [-0.3, -0.25) is 4.98 Å². The van der Waals surface area contributed by atoms with Crippen molar-refractivity contribution in [2.45, 2.75) is 4.90 Å². The number of nitrogens with zero attached hydrogens (tertiary/aromatic N) is 2. The molecule has 0 atom stereocenters. The van der Waals surface area contributed by atoms with E-state index in [4.69, 9.17) is 4.74 Å². The molecule has 3 aromatic rings. The second-order valence-corrected chi connectivity index (χ2v) is 8.83. The lowest BCUT2D eigenvalue weighted by Crippen LogP contribution is -2.01. The largest absolute Gasteiger partial charge is 0.496 e. The second-order valence-electron chi connectivity index (χ2n) is 5.90. The van der Waals surface area contributed by atoms with Crippen LogP contribution in [0.3, 0.4) is 0 Å². The molecule has 1 aromatic heterocycles. The van der Waals surface area contributed by atoms with Crippen LogP contribution in [0.2, 0.25) is 0 Å². The van der Waals surface area contributed by atoms with Crippen LogP contribution in [0.5, 0.6) is 5.75 Å². The number of benzene rings is 2. The molecule has 0 bridgehead atoms. The number of aromatic nitrogens is 1. The summed E-state index contributed by atoms with van der Waals surface area (Å²) in [6.07, 6.45) is 4.26. The summed E-state index contributed by atoms with van der Waals surface area (Å²) in [6.45, 7) is 0. The Labute approximate surface area is 166 Å². The van der Waals surface area contributed by atoms with E-state index in [0.717, 1.165) is 16.3 Å². The Morgan fingerprint density at radius 2 is 1.78 bits per heavy atom. The topological polar surface area (TPSA) is 80.1 Å². The summed E-state index contributed by atoms with van der Waals surface area (Å²) >= 11 is 3.41. The molecule has 2 aromatic carbocycles. The highest BCUT2D eigenvalue weighted by Crippen LogP contribution is 2.41. The van der Waals surface area contributed by atoms with Gasteiger partial charge in [0.25, 0.3) is 0 Å². The summed E-state index contributed by atoms with van der Waals surface area (Å²) in [6, 6.07) is 14.4. The Hall–Kier alpha value is -2.69. The van der Waals surface area contributed by atoms with E-state index in [2.05, 4.69) is 27.0 Å². The first-order chi connectivity index (χ1) is 12.8. The minimum atomic E-state index is -3.44. The minimum Gasteiger partial charge on any atom is -0.496 e. The van der Waals surface area contributed by atoms with Crippen LogP contribution in [0.25, 0.3) is 22.3 Å². The number of rotatable bonds is 4. The van der Waals surface area contributed by atoms with E-state index in [1.807, 2.05) is 24.3 Å². The highest BCUT2D eigenvalue weighted by Gasteiger charge is 2.20. The maximum atomic E-state index is 12.2. The summed E-state index contributed by atoms with van der Waals surface area (Å²) in [5.74, 6) is 0.396. The van der Waals surface area contributed by atoms with Gasteiger partial charge in [-0.1, -0.05) is 28.1 Å². The smallest absolute Gasteiger partial charge is 0.175 e. The van der Waals surface area contributed by atoms with E-state index in [0.29, 0.717) is 28.0 Å². The second kappa shape index (κ2) is 7.51. The maximum Gasteiger partial charge on any atom is 0.175 e. The molecule has 27 heavy (non-hydrogen) atoms. The lowest BCUT2D eigenvalue weighted by Gasteiger charge is -2.17. The van der Waals surface area contributed by atoms with Crippen LogP contribution < -0.4 is 4.74 Å². The third-order valence-electron chi connectivity index (χ3n) is 4.03. The Morgan fingerprint density at radius 3 is 2.37 bits per heavy atom. The Bertz CT molecular complexity index is 1150. The van der Waals surface area contributed by atoms with Gasteiger partial charge in [0, 0.05) is 34.2 Å². The van der Waals surface area contributed by atoms with Crippen molar-refractivity contribution in [1.29, 1.82) is 5.26 Å². The molecule has 1 heterocycles. The van der Waals surface area contributed by atoms with Crippen molar-refractivity contribution in [3.05, 3.63) is 64.9 Å². The molecule has 7 heteroatoms. The van der Waals surface area contributed by atoms with Gasteiger partial charge >= 0.3 is 0 Å². The van der Waals surface area contributed by atoms with Crippen molar-refractivity contribution in [2.24, 2.45) is 0 Å². The predicted molar refractivity (Wildman–Crippen MR) is 107 cm³/mol. The number of pyridine rings is 1. The van der Waals surface area contributed by atoms with Gasteiger partial charge in [-0.25, -0.2) is 8.42 Å². The number of hydrogen-bond donors (Lipinski definition) is 0. The Kier molecular flexibility index (Phi) is 5.31. The molecule has 0 N–H and O–H groups in total. The van der Waals surface area contributed by atoms with Gasteiger partial charge in [0.15, 0.2) is 9.84 Å². The van der Waals surface area contributed by atoms with Gasteiger partial charge in [0.1, 0.15) is 11.8 Å². The van der Waals surface area contributed by atoms with Crippen LogP contribution in [0.4, 0.5) is 0 Å². The molecule has 0 aliphatic rings. The summed E-state index contributed by atoms with van der Waals surface area (Å²) in [4.78, 5) is 4.28. The summed E-state index contributed by atoms with van der Waals surface area (Å²) in [5, 5.41) is 9.20. The van der Waals surface area contributed by atoms with E-state index in [1.54, 1.807) is 18.3 Å². The molecule has 5 nitrogen and oxygen atoms in total. The molecule has 0 aliphatic carbocycles. The summed E-state index contributed by atoms with van der Waals surface area (Å²) in [5.41, 5.74) is 3.25. The first kappa shape index (κ1) is 19.1. The van der Waals surface area contributed by atoms with E-state index < -0.39 is 9.84 Å². The summed E-state index contributed by atoms with van der Waals surface area (Å²) < 4.78 is 30.8. The number of nitriles is 1. The lowest BCUT2D eigenvalue weighted by atomic mass is 9.94. The molecule has 0 fully saturated rings. The Morgan fingerprint density at radius 1 is 1.07 bits per heavy atom. The predicted octanol–water partition coefficient (Wildman–Crippen LogP) is 4.46. The zero-order chi connectivity index (χ0) is 19.6. The molecule has 0 radical (unpaired) electrons. The molecule has 136 valence electrons. The molecule has 0 unspecified atom stereocenters. The van der Waals surface area contributed by atoms with Crippen molar-refractivity contribution >= 4 is 25.8 Å². The van der Waals surface area contributed by atoms with E-state index >= 15 is 0 Å². The fourth-order valence-corrected chi connectivity index (χ4v) is 3.68. The third-order valence-corrected chi connectivity index (χ3v) is 5.66. The molecule has 0 amide bonds. The number of hydrogen-bond acceptors (Lipinski definition) is 5. The highest BCUT2D eigenvalue weighted by atomic mass is 79.9. The zero-order valence-corrected chi connectivity index (χ0v) is 17.0. The average molecular weight is 443 g/mol. The standard InChI is InChI=1S/C20H15BrN2O3S/c1-26-19-9-17(27(2,24)25)8-18(14-3-5-16(21)6-4-14)20(19)15-7-13(10-22)11-23-12-15/h3-9,11-12H,1-2H3. The van der Waals surface area contributed by atoms with Crippen LogP contribution in [0, 0.1) is 11.3 Å². The van der Waals surface area contributed by atoms with E-state index in [1.165, 1.54) is 19.4 Å². The van der Waals surface area contributed by atoms with Crippen LogP contribution in [0.1, 0.15) is 5.56 Å². The number of halogens is 1. The molecular formula is C20H15BrN2O3S. The molecule has 0 saturated heterocycles. The van der Waals surface area contributed by atoms with Crippen molar-refractivity contribution < 1.29 is 13.2 Å². The van der Waals surface area contributed by atoms with Gasteiger partial charge in [0.2, 0.25) is 0 Å². The molecule has 0 spiro atoms. The Balaban J connectivity index is 2.39. The molecule has 3 rings (SSSR count). The maximum absolute atomic E-state index is 12.2. The first-order valence-electron chi connectivity index (χ1n) is 7.87. The van der Waals surface area contributed by atoms with E-state index in [-0.39, 0.29) is 4.90 Å². The fourth-order valence-electron chi connectivity index (χ4n) is 2.76. The van der Waals surface area contributed by atoms with Crippen LogP contribution in [0.15, 0.2) is 64.2 Å². The number of sulfone groups is 1. The van der Waals surface area contributed by atoms with Crippen molar-refractivity contribution in [3.63, 3.8) is 0 Å². The average Bonchev–Trinajstić information content (AvgIpc) is 2.66. The van der Waals surface area contributed by atoms with Crippen molar-refractivity contribution in [2.75, 3.05) is 13.4 Å². The minimum absolute atomic E-state index is 0.158. The van der Waals surface area contributed by atoms with Crippen molar-refractivity contribution in [3.8, 4) is 34.1 Å². The zero-order valence-electron chi connectivity index (χ0n) is 14.6. The first-order valence-corrected chi connectivity index (χ1v) is 10.6. The van der Waals surface area contributed by atoms with Gasteiger partial charge in [-0.2, -0.15) is 5.26 Å². The van der Waals surface area contributed by atoms with Crippen molar-refractivity contribution in [1.82, 2.24) is 4.98 Å². The lowest BCUT2D eigenvalue weighted by molar-refractivity contribution is 0.415. The van der Waals surface area contributed by atoms with Gasteiger partial charge in [-0.05, 0) is 41.5 Å². The van der Waals surface area contributed by atoms with Gasteiger partial charge < -0.3 is 4.74 Å². The molecule has 0 aliphatic heterocycles. The normalized spacial score (nSPS) is 11.0. The molecule has 0 saturated carbocycles. The SMILES string of the molecule is COc1cc(S(C)(=O)=O)cc(-c2ccc(Br)cc2)c1-c1cncc(C#N)c1. The van der Waals surface area contributed by atoms with Gasteiger partial charge in [0.05, 0.1) is 17.6 Å². The molecular weight excluding hydrogens is 428 g/mol. The number of methoxy groups -OCH3 is 1. The monoisotopic (exact) mass is 442 g/mol. The van der Waals surface area contributed by atoms with Crippen LogP contribution >= 0.6 is 15.9 Å². The third kappa shape index (κ3) is 4.02.